The monoisotopic (exact) mass is 428 g/mol. The van der Waals surface area contributed by atoms with Crippen molar-refractivity contribution in [3.8, 4) is 16.9 Å². The van der Waals surface area contributed by atoms with Gasteiger partial charge in [-0.3, -0.25) is 10.2 Å². The number of anilines is 1. The average Bonchev–Trinajstić information content (AvgIpc) is 2.76. The molecule has 2 aromatic rings. The standard InChI is InChI=1S/C20H22N2O3.C2H2O4/c23-18-8-4-2-6-16(18)15-5-1-3-7-17(15)21-20(24)25-19-13-22-11-9-14(19)10-12-22;3-1(4)2(5)6/h1-8,14,19,23H,9-13H2,(H,21,24);(H,3,4)(H,5,6). The molecular weight excluding hydrogens is 404 g/mol. The van der Waals surface area contributed by atoms with Crippen LogP contribution < -0.4 is 5.32 Å². The van der Waals surface area contributed by atoms with E-state index in [1.807, 2.05) is 36.4 Å². The van der Waals surface area contributed by atoms with Gasteiger partial charge in [0, 0.05) is 17.7 Å². The van der Waals surface area contributed by atoms with Gasteiger partial charge in [-0.15, -0.1) is 0 Å². The Morgan fingerprint density at radius 2 is 1.48 bits per heavy atom. The Morgan fingerprint density at radius 3 is 2.03 bits per heavy atom. The van der Waals surface area contributed by atoms with Gasteiger partial charge in [0.1, 0.15) is 11.9 Å². The van der Waals surface area contributed by atoms with E-state index in [4.69, 9.17) is 24.5 Å². The first-order valence-corrected chi connectivity index (χ1v) is 9.88. The van der Waals surface area contributed by atoms with Crippen LogP contribution in [0.2, 0.25) is 0 Å². The van der Waals surface area contributed by atoms with Crippen LogP contribution in [0, 0.1) is 5.92 Å². The minimum absolute atomic E-state index is 0.0280. The molecule has 0 radical (unpaired) electrons. The molecule has 3 saturated heterocycles. The predicted octanol–water partition coefficient (Wildman–Crippen LogP) is 2.86. The number of aliphatic carboxylic acids is 2. The zero-order chi connectivity index (χ0) is 22.4. The Morgan fingerprint density at radius 1 is 0.903 bits per heavy atom. The highest BCUT2D eigenvalue weighted by molar-refractivity contribution is 6.27. The fourth-order valence-electron chi connectivity index (χ4n) is 3.85. The van der Waals surface area contributed by atoms with Crippen molar-refractivity contribution in [2.45, 2.75) is 18.9 Å². The second-order valence-corrected chi connectivity index (χ2v) is 7.38. The van der Waals surface area contributed by atoms with Crippen LogP contribution in [0.3, 0.4) is 0 Å². The lowest BCUT2D eigenvalue weighted by molar-refractivity contribution is -0.159. The van der Waals surface area contributed by atoms with E-state index in [1.165, 1.54) is 0 Å². The smallest absolute Gasteiger partial charge is 0.414 e. The third-order valence-electron chi connectivity index (χ3n) is 5.40. The molecule has 164 valence electrons. The molecule has 3 aliphatic rings. The van der Waals surface area contributed by atoms with Gasteiger partial charge in [-0.1, -0.05) is 36.4 Å². The largest absolute Gasteiger partial charge is 0.507 e. The Balaban J connectivity index is 0.000000401. The number of fused-ring (bicyclic) bond motifs is 3. The minimum atomic E-state index is -1.82. The Labute approximate surface area is 178 Å². The molecule has 3 aliphatic heterocycles. The van der Waals surface area contributed by atoms with Crippen LogP contribution in [0.5, 0.6) is 5.75 Å². The fraction of sp³-hybridized carbons (Fsp3) is 0.318. The van der Waals surface area contributed by atoms with Crippen molar-refractivity contribution < 1.29 is 34.4 Å². The number of para-hydroxylation sites is 2. The highest BCUT2D eigenvalue weighted by atomic mass is 16.6. The molecule has 4 N–H and O–H groups in total. The number of carbonyl (C=O) groups excluding carboxylic acids is 1. The maximum atomic E-state index is 12.4. The maximum absolute atomic E-state index is 12.4. The number of hydrogen-bond acceptors (Lipinski definition) is 6. The quantitative estimate of drug-likeness (QED) is 0.548. The van der Waals surface area contributed by atoms with Crippen LogP contribution in [0.4, 0.5) is 10.5 Å². The SMILES string of the molecule is O=C(Nc1ccccc1-c1ccccc1O)OC1CN2CCC1CC2.O=C(O)C(=O)O. The number of ether oxygens (including phenoxy) is 1. The zero-order valence-corrected chi connectivity index (χ0v) is 16.7. The third-order valence-corrected chi connectivity index (χ3v) is 5.40. The number of nitrogens with one attached hydrogen (secondary N) is 1. The molecule has 5 rings (SSSR count). The molecule has 1 atom stereocenters. The molecule has 9 nitrogen and oxygen atoms in total. The second kappa shape index (κ2) is 9.94. The van der Waals surface area contributed by atoms with Crippen molar-refractivity contribution in [3.63, 3.8) is 0 Å². The summed E-state index contributed by atoms with van der Waals surface area (Å²) in [6.45, 7) is 3.06. The Kier molecular flexibility index (Phi) is 7.09. The van der Waals surface area contributed by atoms with Crippen molar-refractivity contribution in [2.75, 3.05) is 25.0 Å². The van der Waals surface area contributed by atoms with Gasteiger partial charge in [-0.05, 0) is 44.0 Å². The molecular formula is C22H24N2O7. The minimum Gasteiger partial charge on any atom is -0.507 e. The van der Waals surface area contributed by atoms with Gasteiger partial charge in [0.2, 0.25) is 0 Å². The molecule has 31 heavy (non-hydrogen) atoms. The first kappa shape index (κ1) is 22.1. The number of carbonyl (C=O) groups is 3. The molecule has 0 saturated carbocycles. The summed E-state index contributed by atoms with van der Waals surface area (Å²) in [5.41, 5.74) is 2.09. The number of phenolic OH excluding ortho intramolecular Hbond substituents is 1. The third kappa shape index (κ3) is 5.73. The van der Waals surface area contributed by atoms with Crippen LogP contribution in [0.15, 0.2) is 48.5 Å². The fourth-order valence-corrected chi connectivity index (χ4v) is 3.85. The molecule has 9 heteroatoms. The van der Waals surface area contributed by atoms with Gasteiger partial charge in [-0.2, -0.15) is 0 Å². The Hall–Kier alpha value is -3.59. The number of carboxylic acids is 2. The lowest BCUT2D eigenvalue weighted by Crippen LogP contribution is -2.52. The average molecular weight is 428 g/mol. The summed E-state index contributed by atoms with van der Waals surface area (Å²) in [5.74, 6) is -2.99. The molecule has 3 heterocycles. The normalized spacial score (nSPS) is 21.4. The number of phenols is 1. The lowest BCUT2D eigenvalue weighted by Gasteiger charge is -2.43. The van der Waals surface area contributed by atoms with Crippen LogP contribution >= 0.6 is 0 Å². The zero-order valence-electron chi connectivity index (χ0n) is 16.7. The van der Waals surface area contributed by atoms with Crippen LogP contribution in [0.1, 0.15) is 12.8 Å². The summed E-state index contributed by atoms with van der Waals surface area (Å²) in [5, 5.41) is 27.7. The molecule has 0 spiro atoms. The topological polar surface area (TPSA) is 136 Å². The number of carboxylic acid groups (broad SMARTS) is 2. The molecule has 2 bridgehead atoms. The number of rotatable bonds is 3. The summed E-state index contributed by atoms with van der Waals surface area (Å²) in [7, 11) is 0. The molecule has 2 aromatic carbocycles. The molecule has 3 fully saturated rings. The first-order valence-electron chi connectivity index (χ1n) is 9.88. The Bertz CT molecular complexity index is 942. The van der Waals surface area contributed by atoms with Gasteiger partial charge in [-0.25, -0.2) is 14.4 Å². The van der Waals surface area contributed by atoms with Crippen molar-refractivity contribution in [2.24, 2.45) is 5.92 Å². The van der Waals surface area contributed by atoms with E-state index in [0.717, 1.165) is 38.0 Å². The summed E-state index contributed by atoms with van der Waals surface area (Å²) < 4.78 is 5.70. The maximum Gasteiger partial charge on any atom is 0.414 e. The molecule has 1 amide bonds. The van der Waals surface area contributed by atoms with Crippen LogP contribution in [0.25, 0.3) is 11.1 Å². The van der Waals surface area contributed by atoms with Gasteiger partial charge in [0.15, 0.2) is 0 Å². The number of amides is 1. The number of benzene rings is 2. The summed E-state index contributed by atoms with van der Waals surface area (Å²) >= 11 is 0. The summed E-state index contributed by atoms with van der Waals surface area (Å²) in [4.78, 5) is 33.0. The number of hydrogen-bond donors (Lipinski definition) is 4. The highest BCUT2D eigenvalue weighted by Crippen LogP contribution is 2.34. The van der Waals surface area contributed by atoms with Gasteiger partial charge in [0.25, 0.3) is 0 Å². The summed E-state index contributed by atoms with van der Waals surface area (Å²) in [6.07, 6.45) is 1.75. The van der Waals surface area contributed by atoms with Gasteiger partial charge < -0.3 is 20.1 Å². The van der Waals surface area contributed by atoms with Gasteiger partial charge >= 0.3 is 18.0 Å². The number of aromatic hydroxyl groups is 1. The second-order valence-electron chi connectivity index (χ2n) is 7.38. The van der Waals surface area contributed by atoms with E-state index in [1.54, 1.807) is 12.1 Å². The predicted molar refractivity (Wildman–Crippen MR) is 112 cm³/mol. The molecule has 0 aromatic heterocycles. The lowest BCUT2D eigenvalue weighted by atomic mass is 9.86. The van der Waals surface area contributed by atoms with E-state index >= 15 is 0 Å². The number of nitrogens with zero attached hydrogens (tertiary/aromatic N) is 1. The van der Waals surface area contributed by atoms with Crippen molar-refractivity contribution in [3.05, 3.63) is 48.5 Å². The van der Waals surface area contributed by atoms with E-state index in [2.05, 4.69) is 10.2 Å². The molecule has 1 unspecified atom stereocenters. The van der Waals surface area contributed by atoms with Gasteiger partial charge in [0.05, 0.1) is 5.69 Å². The molecule has 0 aliphatic carbocycles. The van der Waals surface area contributed by atoms with E-state index in [0.29, 0.717) is 17.2 Å². The van der Waals surface area contributed by atoms with Crippen LogP contribution in [-0.4, -0.2) is 64.0 Å². The number of piperidine rings is 3. The van der Waals surface area contributed by atoms with Crippen molar-refractivity contribution in [1.82, 2.24) is 4.90 Å². The van der Waals surface area contributed by atoms with E-state index in [9.17, 15) is 9.90 Å². The van der Waals surface area contributed by atoms with Crippen molar-refractivity contribution in [1.29, 1.82) is 0 Å². The van der Waals surface area contributed by atoms with E-state index in [-0.39, 0.29) is 11.9 Å². The van der Waals surface area contributed by atoms with E-state index < -0.39 is 18.0 Å². The summed E-state index contributed by atoms with van der Waals surface area (Å²) in [6, 6.07) is 14.5. The van der Waals surface area contributed by atoms with Crippen molar-refractivity contribution >= 4 is 23.7 Å². The highest BCUT2D eigenvalue weighted by Gasteiger charge is 2.36. The van der Waals surface area contributed by atoms with Crippen LogP contribution in [-0.2, 0) is 14.3 Å². The first-order chi connectivity index (χ1) is 14.8.